The number of fused-ring (bicyclic) bond motifs is 1. The number of hydrogen-bond acceptors (Lipinski definition) is 2. The number of hydrogen-bond donors (Lipinski definition) is 1. The number of aryl methyl sites for hydroxylation is 1. The zero-order valence-corrected chi connectivity index (χ0v) is 13.2. The predicted octanol–water partition coefficient (Wildman–Crippen LogP) is 4.51. The quantitative estimate of drug-likeness (QED) is 0.830. The molecule has 2 aromatic rings. The van der Waals surface area contributed by atoms with E-state index in [1.165, 1.54) is 29.7 Å². The second-order valence-electron chi connectivity index (χ2n) is 5.72. The minimum atomic E-state index is 0.0417. The highest BCUT2D eigenvalue weighted by Gasteiger charge is 2.20. The zero-order valence-electron chi connectivity index (χ0n) is 12.4. The topological polar surface area (TPSA) is 29.1 Å². The monoisotopic (exact) mass is 299 g/mol. The molecule has 1 aromatic carbocycles. The summed E-state index contributed by atoms with van der Waals surface area (Å²) in [5.74, 6) is 0.0748. The molecule has 3 rings (SSSR count). The van der Waals surface area contributed by atoms with Gasteiger partial charge >= 0.3 is 0 Å². The first-order chi connectivity index (χ1) is 10.3. The van der Waals surface area contributed by atoms with Crippen molar-refractivity contribution in [3.05, 3.63) is 57.3 Å². The molecule has 0 unspecified atom stereocenters. The van der Waals surface area contributed by atoms with E-state index in [0.717, 1.165) is 24.0 Å². The Kier molecular flexibility index (Phi) is 4.39. The molecule has 0 bridgehead atoms. The predicted molar refractivity (Wildman–Crippen MR) is 87.9 cm³/mol. The molecule has 0 saturated carbocycles. The van der Waals surface area contributed by atoms with Gasteiger partial charge in [-0.05, 0) is 43.7 Å². The molecular weight excluding hydrogens is 278 g/mol. The van der Waals surface area contributed by atoms with Crippen LogP contribution in [0.1, 0.15) is 58.6 Å². The lowest BCUT2D eigenvalue weighted by Crippen LogP contribution is -2.27. The summed E-state index contributed by atoms with van der Waals surface area (Å²) in [4.78, 5) is 14.0. The van der Waals surface area contributed by atoms with E-state index in [1.807, 2.05) is 30.5 Å². The Labute approximate surface area is 130 Å². The van der Waals surface area contributed by atoms with Gasteiger partial charge in [0.25, 0.3) is 5.91 Å². The Morgan fingerprint density at radius 1 is 1.14 bits per heavy atom. The van der Waals surface area contributed by atoms with Crippen LogP contribution < -0.4 is 5.32 Å². The van der Waals surface area contributed by atoms with E-state index in [9.17, 15) is 4.79 Å². The molecule has 1 aliphatic rings. The van der Waals surface area contributed by atoms with Crippen LogP contribution in [0.4, 0.5) is 0 Å². The van der Waals surface area contributed by atoms with Crippen molar-refractivity contribution >= 4 is 17.2 Å². The van der Waals surface area contributed by atoms with Gasteiger partial charge in [-0.3, -0.25) is 4.79 Å². The number of amides is 1. The van der Waals surface area contributed by atoms with Gasteiger partial charge in [0.05, 0.1) is 11.6 Å². The number of thiophene rings is 1. The van der Waals surface area contributed by atoms with Gasteiger partial charge in [0, 0.05) is 10.3 Å². The van der Waals surface area contributed by atoms with Crippen LogP contribution in [0.15, 0.2) is 35.7 Å². The van der Waals surface area contributed by atoms with Gasteiger partial charge in [0.1, 0.15) is 0 Å². The maximum absolute atomic E-state index is 12.6. The Morgan fingerprint density at radius 3 is 2.71 bits per heavy atom. The van der Waals surface area contributed by atoms with E-state index in [2.05, 4.69) is 17.4 Å². The van der Waals surface area contributed by atoms with E-state index < -0.39 is 0 Å². The number of nitrogens with one attached hydrogen (secondary N) is 1. The van der Waals surface area contributed by atoms with Gasteiger partial charge in [-0.1, -0.05) is 36.8 Å². The fourth-order valence-corrected chi connectivity index (χ4v) is 4.09. The van der Waals surface area contributed by atoms with E-state index in [1.54, 1.807) is 11.3 Å². The van der Waals surface area contributed by atoms with Crippen LogP contribution in [0.5, 0.6) is 0 Å². The van der Waals surface area contributed by atoms with Crippen LogP contribution in [0, 0.1) is 0 Å². The van der Waals surface area contributed by atoms with Gasteiger partial charge in [-0.15, -0.1) is 11.3 Å². The van der Waals surface area contributed by atoms with Crippen molar-refractivity contribution in [3.63, 3.8) is 0 Å². The molecule has 0 saturated heterocycles. The average Bonchev–Trinajstić information content (AvgIpc) is 2.77. The van der Waals surface area contributed by atoms with Crippen LogP contribution in [0.3, 0.4) is 0 Å². The van der Waals surface area contributed by atoms with Crippen LogP contribution in [0.25, 0.3) is 0 Å². The molecule has 3 heteroatoms. The molecule has 1 heterocycles. The molecule has 0 spiro atoms. The van der Waals surface area contributed by atoms with Crippen LogP contribution in [0.2, 0.25) is 0 Å². The van der Waals surface area contributed by atoms with Gasteiger partial charge in [-0.2, -0.15) is 0 Å². The first-order valence-electron chi connectivity index (χ1n) is 7.71. The molecule has 1 N–H and O–H groups in total. The Morgan fingerprint density at radius 2 is 1.90 bits per heavy atom. The molecule has 1 atom stereocenters. The Bertz CT molecular complexity index is 617. The second kappa shape index (κ2) is 6.44. The molecule has 110 valence electrons. The Hall–Kier alpha value is -1.61. The van der Waals surface area contributed by atoms with E-state index in [4.69, 9.17) is 0 Å². The summed E-state index contributed by atoms with van der Waals surface area (Å²) < 4.78 is 0. The maximum atomic E-state index is 12.6. The summed E-state index contributed by atoms with van der Waals surface area (Å²) in [5, 5.41) is 5.18. The van der Waals surface area contributed by atoms with Crippen molar-refractivity contribution in [2.45, 2.75) is 45.1 Å². The van der Waals surface area contributed by atoms with Crippen molar-refractivity contribution < 1.29 is 4.79 Å². The molecule has 1 aromatic heterocycles. The lowest BCUT2D eigenvalue weighted by atomic mass is 10.0. The van der Waals surface area contributed by atoms with Gasteiger partial charge < -0.3 is 5.32 Å². The SMILES string of the molecule is C[C@@H](NC(=O)c1csc2c1CCCCC2)c1ccccc1. The molecule has 1 aliphatic carbocycles. The standard InChI is InChI=1S/C18H21NOS/c1-13(14-8-4-2-5-9-14)19-18(20)16-12-21-17-11-7-3-6-10-15(16)17/h2,4-5,8-9,12-13H,3,6-7,10-11H2,1H3,(H,19,20)/t13-/m1/s1. The van der Waals surface area contributed by atoms with Crippen molar-refractivity contribution in [1.82, 2.24) is 5.32 Å². The lowest BCUT2D eigenvalue weighted by molar-refractivity contribution is 0.0939. The average molecular weight is 299 g/mol. The smallest absolute Gasteiger partial charge is 0.252 e. The number of rotatable bonds is 3. The molecule has 0 aliphatic heterocycles. The summed E-state index contributed by atoms with van der Waals surface area (Å²) in [6.07, 6.45) is 5.94. The third-order valence-corrected chi connectivity index (χ3v) is 5.29. The molecule has 0 fully saturated rings. The van der Waals surface area contributed by atoms with Gasteiger partial charge in [0.2, 0.25) is 0 Å². The third-order valence-electron chi connectivity index (χ3n) is 4.20. The summed E-state index contributed by atoms with van der Waals surface area (Å²) in [6.45, 7) is 2.04. The van der Waals surface area contributed by atoms with Crippen LogP contribution in [-0.4, -0.2) is 5.91 Å². The molecule has 0 radical (unpaired) electrons. The summed E-state index contributed by atoms with van der Waals surface area (Å²) >= 11 is 1.76. The summed E-state index contributed by atoms with van der Waals surface area (Å²) in [7, 11) is 0. The lowest BCUT2D eigenvalue weighted by Gasteiger charge is -2.14. The maximum Gasteiger partial charge on any atom is 0.252 e. The highest BCUT2D eigenvalue weighted by molar-refractivity contribution is 7.10. The molecule has 1 amide bonds. The molecule has 2 nitrogen and oxygen atoms in total. The summed E-state index contributed by atoms with van der Waals surface area (Å²) in [5.41, 5.74) is 3.35. The number of carbonyl (C=O) groups is 1. The largest absolute Gasteiger partial charge is 0.345 e. The van der Waals surface area contributed by atoms with E-state index in [0.29, 0.717) is 0 Å². The minimum absolute atomic E-state index is 0.0417. The fourth-order valence-electron chi connectivity index (χ4n) is 2.96. The van der Waals surface area contributed by atoms with Gasteiger partial charge in [0.15, 0.2) is 0 Å². The highest BCUT2D eigenvalue weighted by atomic mass is 32.1. The number of benzene rings is 1. The van der Waals surface area contributed by atoms with Crippen LogP contribution >= 0.6 is 11.3 Å². The number of carbonyl (C=O) groups excluding carboxylic acids is 1. The van der Waals surface area contributed by atoms with Crippen molar-refractivity contribution in [3.8, 4) is 0 Å². The minimum Gasteiger partial charge on any atom is -0.345 e. The summed E-state index contributed by atoms with van der Waals surface area (Å²) in [6, 6.07) is 10.2. The van der Waals surface area contributed by atoms with Crippen LogP contribution in [-0.2, 0) is 12.8 Å². The first kappa shape index (κ1) is 14.3. The van der Waals surface area contributed by atoms with Gasteiger partial charge in [-0.25, -0.2) is 0 Å². The zero-order chi connectivity index (χ0) is 14.7. The van der Waals surface area contributed by atoms with Crippen molar-refractivity contribution in [2.75, 3.05) is 0 Å². The normalized spacial score (nSPS) is 15.9. The third kappa shape index (κ3) is 3.18. The van der Waals surface area contributed by atoms with E-state index in [-0.39, 0.29) is 11.9 Å². The highest BCUT2D eigenvalue weighted by Crippen LogP contribution is 2.29. The molecular formula is C18H21NOS. The van der Waals surface area contributed by atoms with E-state index >= 15 is 0 Å². The van der Waals surface area contributed by atoms with Crippen molar-refractivity contribution in [1.29, 1.82) is 0 Å². The Balaban J connectivity index is 1.75. The fraction of sp³-hybridized carbons (Fsp3) is 0.389. The first-order valence-corrected chi connectivity index (χ1v) is 8.58. The second-order valence-corrected chi connectivity index (χ2v) is 6.68. The van der Waals surface area contributed by atoms with Crippen molar-refractivity contribution in [2.24, 2.45) is 0 Å². The molecule has 21 heavy (non-hydrogen) atoms.